The Kier molecular flexibility index (Phi) is 5.83. The number of likely N-dealkylation sites (tertiary alicyclic amines) is 1. The van der Waals surface area contributed by atoms with Gasteiger partial charge in [-0.1, -0.05) is 6.92 Å². The van der Waals surface area contributed by atoms with Gasteiger partial charge in [-0.2, -0.15) is 0 Å². The number of amides is 2. The Hall–Kier alpha value is -1.10. The Morgan fingerprint density at radius 3 is 2.55 bits per heavy atom. The maximum atomic E-state index is 12.4. The molecule has 0 aromatic rings. The van der Waals surface area contributed by atoms with Crippen molar-refractivity contribution >= 4 is 12.3 Å². The largest absolute Gasteiger partial charge is 0.343 e. The molecule has 0 radical (unpaired) electrons. The highest BCUT2D eigenvalue weighted by Crippen LogP contribution is 2.20. The van der Waals surface area contributed by atoms with Gasteiger partial charge in [0.1, 0.15) is 0 Å². The van der Waals surface area contributed by atoms with Crippen LogP contribution in [0.1, 0.15) is 39.0 Å². The zero-order valence-corrected chi connectivity index (χ0v) is 12.6. The molecule has 2 fully saturated rings. The third-order valence-corrected chi connectivity index (χ3v) is 4.62. The molecule has 20 heavy (non-hydrogen) atoms. The summed E-state index contributed by atoms with van der Waals surface area (Å²) in [6.45, 7) is 7.31. The topological polar surface area (TPSA) is 43.9 Å². The molecule has 5 heteroatoms. The van der Waals surface area contributed by atoms with Crippen LogP contribution in [0.3, 0.4) is 0 Å². The zero-order valence-electron chi connectivity index (χ0n) is 12.6. The van der Waals surface area contributed by atoms with Crippen LogP contribution in [-0.2, 0) is 9.59 Å². The smallest absolute Gasteiger partial charge is 0.224 e. The van der Waals surface area contributed by atoms with Crippen molar-refractivity contribution in [2.75, 3.05) is 39.3 Å². The van der Waals surface area contributed by atoms with Crippen LogP contribution >= 0.6 is 0 Å². The summed E-state index contributed by atoms with van der Waals surface area (Å²) in [5.74, 6) is 0.314. The molecule has 2 rings (SSSR count). The van der Waals surface area contributed by atoms with Crippen molar-refractivity contribution in [1.29, 1.82) is 0 Å². The van der Waals surface area contributed by atoms with Crippen LogP contribution in [0.5, 0.6) is 0 Å². The fourth-order valence-corrected chi connectivity index (χ4v) is 3.24. The normalized spacial score (nSPS) is 24.8. The van der Waals surface area contributed by atoms with E-state index < -0.39 is 0 Å². The monoisotopic (exact) mass is 281 g/mol. The molecule has 0 saturated carbocycles. The van der Waals surface area contributed by atoms with E-state index in [-0.39, 0.29) is 0 Å². The molecule has 2 saturated heterocycles. The minimum Gasteiger partial charge on any atom is -0.343 e. The second kappa shape index (κ2) is 7.62. The van der Waals surface area contributed by atoms with Gasteiger partial charge in [0.15, 0.2) is 0 Å². The lowest BCUT2D eigenvalue weighted by atomic mass is 9.99. The predicted molar refractivity (Wildman–Crippen MR) is 78.3 cm³/mol. The molecule has 0 aliphatic carbocycles. The molecule has 5 nitrogen and oxygen atoms in total. The summed E-state index contributed by atoms with van der Waals surface area (Å²) >= 11 is 0. The average molecular weight is 281 g/mol. The van der Waals surface area contributed by atoms with Crippen molar-refractivity contribution in [2.24, 2.45) is 0 Å². The summed E-state index contributed by atoms with van der Waals surface area (Å²) in [6.07, 6.45) is 6.19. The van der Waals surface area contributed by atoms with Gasteiger partial charge < -0.3 is 9.80 Å². The highest BCUT2D eigenvalue weighted by molar-refractivity contribution is 5.76. The van der Waals surface area contributed by atoms with E-state index in [4.69, 9.17) is 0 Å². The van der Waals surface area contributed by atoms with Crippen LogP contribution in [0.2, 0.25) is 0 Å². The number of rotatable bonds is 5. The van der Waals surface area contributed by atoms with Crippen molar-refractivity contribution in [1.82, 2.24) is 14.7 Å². The van der Waals surface area contributed by atoms with Gasteiger partial charge in [-0.05, 0) is 25.7 Å². The van der Waals surface area contributed by atoms with Crippen molar-refractivity contribution < 1.29 is 9.59 Å². The van der Waals surface area contributed by atoms with Crippen LogP contribution in [0, 0.1) is 0 Å². The highest BCUT2D eigenvalue weighted by atomic mass is 16.2. The van der Waals surface area contributed by atoms with Crippen LogP contribution in [-0.4, -0.2) is 72.3 Å². The molecular formula is C15H27N3O2. The van der Waals surface area contributed by atoms with Gasteiger partial charge in [0.25, 0.3) is 0 Å². The highest BCUT2D eigenvalue weighted by Gasteiger charge is 2.25. The first kappa shape index (κ1) is 15.3. The number of carbonyl (C=O) groups excluding carboxylic acids is 2. The molecule has 114 valence electrons. The number of piperazine rings is 1. The summed E-state index contributed by atoms with van der Waals surface area (Å²) < 4.78 is 0. The van der Waals surface area contributed by atoms with Gasteiger partial charge in [0.2, 0.25) is 12.3 Å². The van der Waals surface area contributed by atoms with E-state index in [1.54, 1.807) is 4.90 Å². The van der Waals surface area contributed by atoms with Gasteiger partial charge >= 0.3 is 0 Å². The van der Waals surface area contributed by atoms with Crippen LogP contribution < -0.4 is 0 Å². The fraction of sp³-hybridized carbons (Fsp3) is 0.867. The number of carbonyl (C=O) groups is 2. The molecule has 0 N–H and O–H groups in total. The van der Waals surface area contributed by atoms with Crippen molar-refractivity contribution in [3.63, 3.8) is 0 Å². The van der Waals surface area contributed by atoms with Crippen LogP contribution in [0.4, 0.5) is 0 Å². The quantitative estimate of drug-likeness (QED) is 0.705. The minimum absolute atomic E-state index is 0.314. The van der Waals surface area contributed by atoms with Crippen molar-refractivity contribution in [3.05, 3.63) is 0 Å². The molecule has 2 heterocycles. The molecule has 2 aliphatic rings. The molecule has 0 aromatic carbocycles. The Balaban J connectivity index is 1.73. The van der Waals surface area contributed by atoms with Crippen molar-refractivity contribution in [3.8, 4) is 0 Å². The lowest BCUT2D eigenvalue weighted by molar-refractivity contribution is -0.135. The zero-order chi connectivity index (χ0) is 14.4. The Bertz CT molecular complexity index is 327. The second-order valence-corrected chi connectivity index (χ2v) is 5.88. The summed E-state index contributed by atoms with van der Waals surface area (Å²) in [7, 11) is 0. The SMILES string of the molecule is CCC1CCCCN1C(=O)CCN1CCN(C=O)CC1. The molecule has 2 aliphatic heterocycles. The van der Waals surface area contributed by atoms with E-state index in [2.05, 4.69) is 16.7 Å². The maximum Gasteiger partial charge on any atom is 0.224 e. The minimum atomic E-state index is 0.314. The van der Waals surface area contributed by atoms with Crippen molar-refractivity contribution in [2.45, 2.75) is 45.1 Å². The molecule has 0 bridgehead atoms. The lowest BCUT2D eigenvalue weighted by Crippen LogP contribution is -2.48. The number of hydrogen-bond donors (Lipinski definition) is 0. The van der Waals surface area contributed by atoms with Gasteiger partial charge in [0.05, 0.1) is 0 Å². The van der Waals surface area contributed by atoms with E-state index in [1.165, 1.54) is 12.8 Å². The number of piperidine rings is 1. The van der Waals surface area contributed by atoms with E-state index >= 15 is 0 Å². The van der Waals surface area contributed by atoms with E-state index in [0.717, 1.165) is 58.5 Å². The molecule has 1 atom stereocenters. The van der Waals surface area contributed by atoms with Gasteiger partial charge in [-0.25, -0.2) is 0 Å². The van der Waals surface area contributed by atoms with E-state index in [0.29, 0.717) is 18.4 Å². The van der Waals surface area contributed by atoms with Crippen LogP contribution in [0.15, 0.2) is 0 Å². The molecule has 2 amide bonds. The molecular weight excluding hydrogens is 254 g/mol. The third-order valence-electron chi connectivity index (χ3n) is 4.62. The summed E-state index contributed by atoms with van der Waals surface area (Å²) in [6, 6.07) is 0.461. The predicted octanol–water partition coefficient (Wildman–Crippen LogP) is 0.942. The van der Waals surface area contributed by atoms with E-state index in [1.807, 2.05) is 0 Å². The number of nitrogens with zero attached hydrogens (tertiary/aromatic N) is 3. The average Bonchev–Trinajstić information content (AvgIpc) is 2.53. The van der Waals surface area contributed by atoms with Gasteiger partial charge in [-0.15, -0.1) is 0 Å². The summed E-state index contributed by atoms with van der Waals surface area (Å²) in [4.78, 5) is 29.2. The molecule has 1 unspecified atom stereocenters. The van der Waals surface area contributed by atoms with Crippen LogP contribution in [0.25, 0.3) is 0 Å². The van der Waals surface area contributed by atoms with E-state index in [9.17, 15) is 9.59 Å². The Labute approximate surface area is 121 Å². The Morgan fingerprint density at radius 1 is 1.15 bits per heavy atom. The standard InChI is InChI=1S/C15H27N3O2/c1-2-14-5-3-4-7-18(14)15(20)6-8-16-9-11-17(13-19)12-10-16/h13-14H,2-12H2,1H3. The van der Waals surface area contributed by atoms with Gasteiger partial charge in [0, 0.05) is 51.7 Å². The number of hydrogen-bond acceptors (Lipinski definition) is 3. The second-order valence-electron chi connectivity index (χ2n) is 5.88. The first-order valence-corrected chi connectivity index (χ1v) is 7.95. The van der Waals surface area contributed by atoms with Gasteiger partial charge in [-0.3, -0.25) is 14.5 Å². The fourth-order valence-electron chi connectivity index (χ4n) is 3.24. The third kappa shape index (κ3) is 3.95. The maximum absolute atomic E-state index is 12.4. The summed E-state index contributed by atoms with van der Waals surface area (Å²) in [5.41, 5.74) is 0. The Morgan fingerprint density at radius 2 is 1.90 bits per heavy atom. The first-order valence-electron chi connectivity index (χ1n) is 7.95. The summed E-state index contributed by atoms with van der Waals surface area (Å²) in [5, 5.41) is 0. The first-order chi connectivity index (χ1) is 9.74. The molecule has 0 spiro atoms. The lowest BCUT2D eigenvalue weighted by Gasteiger charge is -2.36. The molecule has 0 aromatic heterocycles.